The molecule has 0 fully saturated rings. The minimum absolute atomic E-state index is 0.0652. The van der Waals surface area contributed by atoms with Crippen LogP contribution in [0.5, 0.6) is 5.75 Å². The Balaban J connectivity index is 1.59. The van der Waals surface area contributed by atoms with E-state index < -0.39 is 0 Å². The monoisotopic (exact) mass is 285 g/mol. The van der Waals surface area contributed by atoms with Gasteiger partial charge in [-0.2, -0.15) is 0 Å². The van der Waals surface area contributed by atoms with E-state index in [9.17, 15) is 4.39 Å². The molecule has 0 aliphatic heterocycles. The van der Waals surface area contributed by atoms with Gasteiger partial charge in [0.25, 0.3) is 0 Å². The maximum Gasteiger partial charge on any atom is 0.126 e. The lowest BCUT2D eigenvalue weighted by atomic mass is 10.1. The number of ether oxygens (including phenoxy) is 1. The predicted molar refractivity (Wildman–Crippen MR) is 82.2 cm³/mol. The van der Waals surface area contributed by atoms with E-state index in [2.05, 4.69) is 17.4 Å². The van der Waals surface area contributed by atoms with Crippen molar-refractivity contribution in [2.75, 3.05) is 13.7 Å². The highest BCUT2D eigenvalue weighted by molar-refractivity contribution is 5.35. The lowest BCUT2D eigenvalue weighted by molar-refractivity contribution is 0.414. The molecular formula is C18H20FNO. The molecule has 0 bridgehead atoms. The Labute approximate surface area is 125 Å². The van der Waals surface area contributed by atoms with E-state index in [0.29, 0.717) is 0 Å². The Morgan fingerprint density at radius 2 is 2.10 bits per heavy atom. The molecule has 0 radical (unpaired) electrons. The van der Waals surface area contributed by atoms with Crippen LogP contribution in [0, 0.1) is 5.82 Å². The minimum atomic E-state index is -0.0652. The lowest BCUT2D eigenvalue weighted by Gasteiger charge is -2.14. The van der Waals surface area contributed by atoms with Gasteiger partial charge in [0.2, 0.25) is 0 Å². The number of benzene rings is 2. The van der Waals surface area contributed by atoms with Gasteiger partial charge < -0.3 is 10.1 Å². The molecule has 0 heterocycles. The van der Waals surface area contributed by atoms with E-state index in [1.54, 1.807) is 19.2 Å². The van der Waals surface area contributed by atoms with Crippen molar-refractivity contribution in [3.05, 3.63) is 65.0 Å². The molecule has 110 valence electrons. The van der Waals surface area contributed by atoms with Crippen LogP contribution >= 0.6 is 0 Å². The number of hydrogen-bond acceptors (Lipinski definition) is 2. The average molecular weight is 285 g/mol. The number of rotatable bonds is 5. The average Bonchev–Trinajstić information content (AvgIpc) is 2.92. The summed E-state index contributed by atoms with van der Waals surface area (Å²) in [6.45, 7) is 0.883. The molecule has 0 spiro atoms. The summed E-state index contributed by atoms with van der Waals surface area (Å²) in [4.78, 5) is 0. The highest BCUT2D eigenvalue weighted by Gasteiger charge is 2.23. The van der Waals surface area contributed by atoms with Crippen LogP contribution < -0.4 is 10.1 Å². The van der Waals surface area contributed by atoms with Crippen LogP contribution in [0.1, 0.15) is 29.2 Å². The van der Waals surface area contributed by atoms with E-state index in [1.807, 2.05) is 18.2 Å². The van der Waals surface area contributed by atoms with Gasteiger partial charge in [-0.25, -0.2) is 4.39 Å². The lowest BCUT2D eigenvalue weighted by Crippen LogP contribution is -2.21. The van der Waals surface area contributed by atoms with E-state index >= 15 is 0 Å². The summed E-state index contributed by atoms with van der Waals surface area (Å²) >= 11 is 0. The Kier molecular flexibility index (Phi) is 4.20. The van der Waals surface area contributed by atoms with Gasteiger partial charge in [0.15, 0.2) is 0 Å². The molecule has 21 heavy (non-hydrogen) atoms. The fourth-order valence-corrected chi connectivity index (χ4v) is 3.04. The van der Waals surface area contributed by atoms with Crippen LogP contribution in [0.2, 0.25) is 0 Å². The summed E-state index contributed by atoms with van der Waals surface area (Å²) in [6, 6.07) is 13.8. The smallest absolute Gasteiger partial charge is 0.126 e. The zero-order valence-electron chi connectivity index (χ0n) is 12.2. The molecule has 0 aromatic heterocycles. The number of methoxy groups -OCH3 is 1. The van der Waals surface area contributed by atoms with E-state index in [-0.39, 0.29) is 11.9 Å². The maximum absolute atomic E-state index is 13.7. The van der Waals surface area contributed by atoms with Gasteiger partial charge in [-0.05, 0) is 60.7 Å². The first-order valence-corrected chi connectivity index (χ1v) is 7.41. The van der Waals surface area contributed by atoms with Crippen molar-refractivity contribution in [3.63, 3.8) is 0 Å². The largest absolute Gasteiger partial charge is 0.497 e. The van der Waals surface area contributed by atoms with Gasteiger partial charge in [0, 0.05) is 6.04 Å². The SMILES string of the molecule is COc1cccc(CCNC2CCc3c(F)cccc32)c1. The van der Waals surface area contributed by atoms with Crippen molar-refractivity contribution in [2.24, 2.45) is 0 Å². The summed E-state index contributed by atoms with van der Waals surface area (Å²) in [5.74, 6) is 0.824. The molecule has 0 amide bonds. The van der Waals surface area contributed by atoms with Crippen LogP contribution in [0.3, 0.4) is 0 Å². The highest BCUT2D eigenvalue weighted by Crippen LogP contribution is 2.32. The summed E-state index contributed by atoms with van der Waals surface area (Å²) < 4.78 is 18.9. The van der Waals surface area contributed by atoms with Crippen molar-refractivity contribution < 1.29 is 9.13 Å². The van der Waals surface area contributed by atoms with Crippen LogP contribution in [-0.4, -0.2) is 13.7 Å². The molecule has 1 atom stereocenters. The summed E-state index contributed by atoms with van der Waals surface area (Å²) in [7, 11) is 1.68. The molecule has 1 N–H and O–H groups in total. The second kappa shape index (κ2) is 6.27. The van der Waals surface area contributed by atoms with Gasteiger partial charge in [-0.15, -0.1) is 0 Å². The fourth-order valence-electron chi connectivity index (χ4n) is 3.04. The molecule has 0 saturated heterocycles. The van der Waals surface area contributed by atoms with Gasteiger partial charge in [0.1, 0.15) is 11.6 Å². The van der Waals surface area contributed by atoms with Crippen LogP contribution in [-0.2, 0) is 12.8 Å². The molecule has 1 unspecified atom stereocenters. The van der Waals surface area contributed by atoms with Gasteiger partial charge in [-0.1, -0.05) is 24.3 Å². The zero-order chi connectivity index (χ0) is 14.7. The van der Waals surface area contributed by atoms with Crippen molar-refractivity contribution in [1.29, 1.82) is 0 Å². The van der Waals surface area contributed by atoms with Crippen LogP contribution in [0.25, 0.3) is 0 Å². The molecule has 3 rings (SSSR count). The number of fused-ring (bicyclic) bond motifs is 1. The van der Waals surface area contributed by atoms with Crippen molar-refractivity contribution in [3.8, 4) is 5.75 Å². The molecule has 2 aromatic rings. The zero-order valence-corrected chi connectivity index (χ0v) is 12.2. The van der Waals surface area contributed by atoms with Gasteiger partial charge in [-0.3, -0.25) is 0 Å². The number of halogens is 1. The van der Waals surface area contributed by atoms with E-state index in [4.69, 9.17) is 4.74 Å². The first-order valence-electron chi connectivity index (χ1n) is 7.41. The molecule has 2 aromatic carbocycles. The third-order valence-electron chi connectivity index (χ3n) is 4.15. The second-order valence-electron chi connectivity index (χ2n) is 5.45. The van der Waals surface area contributed by atoms with Crippen molar-refractivity contribution >= 4 is 0 Å². The number of hydrogen-bond donors (Lipinski definition) is 1. The summed E-state index contributed by atoms with van der Waals surface area (Å²) in [5, 5.41) is 3.54. The van der Waals surface area contributed by atoms with Gasteiger partial charge >= 0.3 is 0 Å². The molecular weight excluding hydrogens is 265 g/mol. The van der Waals surface area contributed by atoms with E-state index in [1.165, 1.54) is 5.56 Å². The Bertz CT molecular complexity index is 626. The third-order valence-corrected chi connectivity index (χ3v) is 4.15. The second-order valence-corrected chi connectivity index (χ2v) is 5.45. The molecule has 1 aliphatic rings. The quantitative estimate of drug-likeness (QED) is 0.905. The Morgan fingerprint density at radius 1 is 1.24 bits per heavy atom. The molecule has 0 saturated carbocycles. The Morgan fingerprint density at radius 3 is 2.95 bits per heavy atom. The molecule has 2 nitrogen and oxygen atoms in total. The predicted octanol–water partition coefficient (Wildman–Crippen LogP) is 3.65. The fraction of sp³-hybridized carbons (Fsp3) is 0.333. The highest BCUT2D eigenvalue weighted by atomic mass is 19.1. The van der Waals surface area contributed by atoms with Crippen molar-refractivity contribution in [1.82, 2.24) is 5.32 Å². The van der Waals surface area contributed by atoms with Crippen LogP contribution in [0.4, 0.5) is 4.39 Å². The molecule has 3 heteroatoms. The molecule has 1 aliphatic carbocycles. The summed E-state index contributed by atoms with van der Waals surface area (Å²) in [6.07, 6.45) is 2.76. The minimum Gasteiger partial charge on any atom is -0.497 e. The van der Waals surface area contributed by atoms with Crippen molar-refractivity contribution in [2.45, 2.75) is 25.3 Å². The topological polar surface area (TPSA) is 21.3 Å². The first-order chi connectivity index (χ1) is 10.3. The van der Waals surface area contributed by atoms with Crippen LogP contribution in [0.15, 0.2) is 42.5 Å². The van der Waals surface area contributed by atoms with Gasteiger partial charge in [0.05, 0.1) is 7.11 Å². The standard InChI is InChI=1S/C18H20FNO/c1-21-14-5-2-4-13(12-14)10-11-20-18-9-8-15-16(18)6-3-7-17(15)19/h2-7,12,18,20H,8-11H2,1H3. The number of nitrogens with one attached hydrogen (secondary N) is 1. The Hall–Kier alpha value is -1.87. The normalized spacial score (nSPS) is 16.8. The van der Waals surface area contributed by atoms with E-state index in [0.717, 1.165) is 42.7 Å². The maximum atomic E-state index is 13.7. The third kappa shape index (κ3) is 3.08. The summed E-state index contributed by atoms with van der Waals surface area (Å²) in [5.41, 5.74) is 3.26. The first kappa shape index (κ1) is 14.1.